The van der Waals surface area contributed by atoms with Crippen molar-refractivity contribution in [1.29, 1.82) is 0 Å². The average molecular weight is 460 g/mol. The minimum absolute atomic E-state index is 0.161. The smallest absolute Gasteiger partial charge is 0.245 e. The van der Waals surface area contributed by atoms with Crippen molar-refractivity contribution in [1.82, 2.24) is 9.97 Å². The van der Waals surface area contributed by atoms with Crippen LogP contribution in [0.2, 0.25) is 10.0 Å². The lowest BCUT2D eigenvalue weighted by atomic mass is 10.0. The van der Waals surface area contributed by atoms with Crippen LogP contribution in [0.25, 0.3) is 15.8 Å². The summed E-state index contributed by atoms with van der Waals surface area (Å²) in [5.41, 5.74) is 8.91. The molecule has 0 bridgehead atoms. The zero-order valence-corrected chi connectivity index (χ0v) is 18.7. The summed E-state index contributed by atoms with van der Waals surface area (Å²) in [7, 11) is 0. The average Bonchev–Trinajstić information content (AvgIpc) is 2.70. The van der Waals surface area contributed by atoms with Gasteiger partial charge in [-0.1, -0.05) is 53.7 Å². The van der Waals surface area contributed by atoms with Crippen LogP contribution in [0.1, 0.15) is 23.7 Å². The number of aromatic nitrogens is 2. The van der Waals surface area contributed by atoms with Gasteiger partial charge in [-0.3, -0.25) is 9.78 Å². The predicted molar refractivity (Wildman–Crippen MR) is 125 cm³/mol. The Morgan fingerprint density at radius 2 is 2.00 bits per heavy atom. The molecule has 0 saturated heterocycles. The number of aryl methyl sites for hydroxylation is 1. The highest BCUT2D eigenvalue weighted by Gasteiger charge is 2.17. The van der Waals surface area contributed by atoms with Crippen molar-refractivity contribution >= 4 is 56.7 Å². The van der Waals surface area contributed by atoms with E-state index in [1.54, 1.807) is 12.3 Å². The number of rotatable bonds is 7. The van der Waals surface area contributed by atoms with Crippen LogP contribution in [0.4, 0.5) is 0 Å². The fraction of sp³-hybridized carbons (Fsp3) is 0.136. The topological polar surface area (TPSA) is 78.1 Å². The summed E-state index contributed by atoms with van der Waals surface area (Å²) in [6.45, 7) is 7.51. The van der Waals surface area contributed by atoms with Crippen molar-refractivity contribution in [2.45, 2.75) is 20.5 Å². The Hall–Kier alpha value is -2.54. The number of primary amides is 1. The second-order valence-corrected chi connectivity index (χ2v) is 8.23. The number of hydrogen-bond donors (Lipinski definition) is 1. The van der Waals surface area contributed by atoms with Gasteiger partial charge in [-0.25, -0.2) is 4.98 Å². The first kappa shape index (κ1) is 22.2. The van der Waals surface area contributed by atoms with Crippen molar-refractivity contribution in [2.75, 3.05) is 0 Å². The van der Waals surface area contributed by atoms with Crippen LogP contribution in [0, 0.1) is 6.92 Å². The molecule has 2 N–H and O–H groups in total. The summed E-state index contributed by atoms with van der Waals surface area (Å²) < 4.78 is 6.03. The molecular weight excluding hydrogens is 441 g/mol. The zero-order valence-electron chi connectivity index (χ0n) is 16.4. The molecule has 8 heteroatoms. The molecule has 154 valence electrons. The minimum Gasteiger partial charge on any atom is -0.487 e. The molecular formula is C22H19Cl2N3O2S. The summed E-state index contributed by atoms with van der Waals surface area (Å²) in [6.07, 6.45) is 3.04. The zero-order chi connectivity index (χ0) is 21.8. The number of pyridine rings is 2. The maximum Gasteiger partial charge on any atom is 0.245 e. The molecule has 1 amide bonds. The van der Waals surface area contributed by atoms with Gasteiger partial charge in [-0.15, -0.1) is 0 Å². The van der Waals surface area contributed by atoms with Crippen LogP contribution in [0.15, 0.2) is 54.2 Å². The summed E-state index contributed by atoms with van der Waals surface area (Å²) in [5.74, 6) is 0.0809. The third kappa shape index (κ3) is 4.61. The van der Waals surface area contributed by atoms with E-state index in [0.29, 0.717) is 32.4 Å². The highest BCUT2D eigenvalue weighted by Crippen LogP contribution is 2.38. The van der Waals surface area contributed by atoms with E-state index in [1.165, 1.54) is 24.2 Å². The number of benzene rings is 1. The highest BCUT2D eigenvalue weighted by molar-refractivity contribution is 8.11. The second kappa shape index (κ2) is 9.51. The third-order valence-electron chi connectivity index (χ3n) is 4.41. The fourth-order valence-corrected chi connectivity index (χ4v) is 4.14. The van der Waals surface area contributed by atoms with Crippen LogP contribution >= 0.6 is 35.0 Å². The Kier molecular flexibility index (Phi) is 7.02. The molecule has 3 rings (SSSR count). The maximum atomic E-state index is 11.8. The van der Waals surface area contributed by atoms with Gasteiger partial charge in [-0.2, -0.15) is 0 Å². The van der Waals surface area contributed by atoms with E-state index >= 15 is 0 Å². The Balaban J connectivity index is 2.13. The largest absolute Gasteiger partial charge is 0.487 e. The van der Waals surface area contributed by atoms with Crippen LogP contribution in [0.3, 0.4) is 0 Å². The summed E-state index contributed by atoms with van der Waals surface area (Å²) >= 11 is 13.7. The van der Waals surface area contributed by atoms with Crippen LogP contribution < -0.4 is 10.5 Å². The van der Waals surface area contributed by atoms with Crippen molar-refractivity contribution in [3.63, 3.8) is 0 Å². The number of nitrogens with zero attached hydrogens (tertiary/aromatic N) is 2. The number of hydrogen-bond acceptors (Lipinski definition) is 5. The van der Waals surface area contributed by atoms with E-state index in [1.807, 2.05) is 31.2 Å². The molecule has 30 heavy (non-hydrogen) atoms. The quantitative estimate of drug-likeness (QED) is 0.443. The number of fused-ring (bicyclic) bond motifs is 1. The van der Waals surface area contributed by atoms with Gasteiger partial charge in [0.05, 0.1) is 10.0 Å². The summed E-state index contributed by atoms with van der Waals surface area (Å²) in [4.78, 5) is 21.2. The monoisotopic (exact) mass is 459 g/mol. The first-order valence-electron chi connectivity index (χ1n) is 8.93. The number of ether oxygens (including phenoxy) is 1. The number of halogens is 2. The standard InChI is InChI=1S/C22H19Cl2N3O2S/c1-4-30-21(13(3)22(25)28)15-8-12(2)27-20-14(15)6-5-7-19(20)29-11-16-17(23)9-26-10-18(16)24/h4-10H,1,11H2,2-3H3,(H2,25,28)/b21-13+. The predicted octanol–water partition coefficient (Wildman–Crippen LogP) is 5.92. The molecule has 0 aliphatic rings. The minimum atomic E-state index is -0.489. The Morgan fingerprint density at radius 3 is 2.63 bits per heavy atom. The molecule has 0 saturated carbocycles. The molecule has 0 radical (unpaired) electrons. The van der Waals surface area contributed by atoms with Gasteiger partial charge in [0.1, 0.15) is 17.9 Å². The summed E-state index contributed by atoms with van der Waals surface area (Å²) in [5, 5.41) is 3.35. The van der Waals surface area contributed by atoms with Gasteiger partial charge in [-0.05, 0) is 31.4 Å². The molecule has 2 aromatic heterocycles. The van der Waals surface area contributed by atoms with E-state index < -0.39 is 5.91 Å². The van der Waals surface area contributed by atoms with Crippen LogP contribution in [-0.2, 0) is 11.4 Å². The van der Waals surface area contributed by atoms with Gasteiger partial charge in [0.25, 0.3) is 0 Å². The molecule has 1 aromatic carbocycles. The second-order valence-electron chi connectivity index (χ2n) is 6.44. The van der Waals surface area contributed by atoms with Crippen LogP contribution in [0.5, 0.6) is 5.75 Å². The Bertz CT molecular complexity index is 1160. The number of carbonyl (C=O) groups excluding carboxylic acids is 1. The van der Waals surface area contributed by atoms with E-state index in [0.717, 1.165) is 21.5 Å². The number of carbonyl (C=O) groups is 1. The van der Waals surface area contributed by atoms with Gasteiger partial charge in [0, 0.05) is 45.1 Å². The lowest BCUT2D eigenvalue weighted by Crippen LogP contribution is -2.13. The van der Waals surface area contributed by atoms with Gasteiger partial charge >= 0.3 is 0 Å². The first-order valence-corrected chi connectivity index (χ1v) is 10.6. The van der Waals surface area contributed by atoms with E-state index in [4.69, 9.17) is 33.7 Å². The van der Waals surface area contributed by atoms with Crippen molar-refractivity contribution in [3.8, 4) is 5.75 Å². The SMILES string of the molecule is C=CS/C(=C(\C)C(N)=O)c1cc(C)nc2c(OCc3c(Cl)cncc3Cl)cccc12. The Labute approximate surface area is 188 Å². The first-order chi connectivity index (χ1) is 14.3. The van der Waals surface area contributed by atoms with Crippen molar-refractivity contribution in [2.24, 2.45) is 5.73 Å². The highest BCUT2D eigenvalue weighted by atomic mass is 35.5. The molecule has 2 heterocycles. The number of thioether (sulfide) groups is 1. The molecule has 0 fully saturated rings. The van der Waals surface area contributed by atoms with Crippen molar-refractivity contribution in [3.05, 3.63) is 81.1 Å². The lowest BCUT2D eigenvalue weighted by Gasteiger charge is -2.15. The molecule has 5 nitrogen and oxygen atoms in total. The fourth-order valence-electron chi connectivity index (χ4n) is 2.93. The van der Waals surface area contributed by atoms with Gasteiger partial charge in [0.15, 0.2) is 0 Å². The normalized spacial score (nSPS) is 11.9. The molecule has 0 aliphatic heterocycles. The van der Waals surface area contributed by atoms with Gasteiger partial charge < -0.3 is 10.5 Å². The van der Waals surface area contributed by atoms with E-state index in [2.05, 4.69) is 16.5 Å². The van der Waals surface area contributed by atoms with E-state index in [9.17, 15) is 4.79 Å². The van der Waals surface area contributed by atoms with Crippen LogP contribution in [-0.4, -0.2) is 15.9 Å². The van der Waals surface area contributed by atoms with Crippen molar-refractivity contribution < 1.29 is 9.53 Å². The van der Waals surface area contributed by atoms with Gasteiger partial charge in [0.2, 0.25) is 5.91 Å². The molecule has 3 aromatic rings. The van der Waals surface area contributed by atoms with E-state index in [-0.39, 0.29) is 6.61 Å². The Morgan fingerprint density at radius 1 is 1.30 bits per heavy atom. The molecule has 0 atom stereocenters. The molecule has 0 aliphatic carbocycles. The molecule has 0 unspecified atom stereocenters. The number of para-hydroxylation sites is 1. The maximum absolute atomic E-state index is 11.8. The number of nitrogens with two attached hydrogens (primary N) is 1. The lowest BCUT2D eigenvalue weighted by molar-refractivity contribution is -0.114. The molecule has 0 spiro atoms. The third-order valence-corrected chi connectivity index (χ3v) is 5.99. The number of amides is 1. The summed E-state index contributed by atoms with van der Waals surface area (Å²) in [6, 6.07) is 7.53.